The van der Waals surface area contributed by atoms with Crippen LogP contribution in [0.1, 0.15) is 34.6 Å². The summed E-state index contributed by atoms with van der Waals surface area (Å²) < 4.78 is 41.2. The minimum atomic E-state index is -4.02. The minimum absolute atomic E-state index is 0.000403. The number of fused-ring (bicyclic) bond motifs is 1. The summed E-state index contributed by atoms with van der Waals surface area (Å²) in [5.74, 6) is 1.15. The van der Waals surface area contributed by atoms with Gasteiger partial charge in [0, 0.05) is 17.9 Å². The topological polar surface area (TPSA) is 74.2 Å². The Hall–Kier alpha value is -3.32. The van der Waals surface area contributed by atoms with Crippen molar-refractivity contribution < 1.29 is 22.2 Å². The van der Waals surface area contributed by atoms with E-state index in [0.717, 1.165) is 22.3 Å². The highest BCUT2D eigenvalue weighted by Gasteiger charge is 2.32. The van der Waals surface area contributed by atoms with Gasteiger partial charge in [0.15, 0.2) is 11.5 Å². The summed E-state index contributed by atoms with van der Waals surface area (Å²) in [5, 5.41) is 4.07. The molecule has 0 bridgehead atoms. The van der Waals surface area contributed by atoms with E-state index in [1.54, 1.807) is 26.4 Å². The van der Waals surface area contributed by atoms with Crippen LogP contribution in [0.5, 0.6) is 11.5 Å². The summed E-state index contributed by atoms with van der Waals surface area (Å²) in [6, 6.07) is 20.2. The standard InChI is InChI=1S/C24H23NO5S/c1-16-9-11-18(12-10-16)31(26,27)30-25-22-13-19(17-7-5-4-6-8-17)20-14-23(28-2)24(29-3)15-21(20)22/h4-12,14-15,19H,13H2,1-3H3/b25-22+. The van der Waals surface area contributed by atoms with Gasteiger partial charge in [-0.25, -0.2) is 0 Å². The fraction of sp³-hybridized carbons (Fsp3) is 0.208. The van der Waals surface area contributed by atoms with Crippen LogP contribution in [-0.2, 0) is 14.4 Å². The molecule has 4 rings (SSSR count). The molecule has 3 aromatic rings. The first kappa shape index (κ1) is 20.9. The van der Waals surface area contributed by atoms with E-state index in [-0.39, 0.29) is 10.8 Å². The zero-order chi connectivity index (χ0) is 22.0. The van der Waals surface area contributed by atoms with Crippen LogP contribution in [0, 0.1) is 6.92 Å². The average Bonchev–Trinajstić information content (AvgIpc) is 3.15. The van der Waals surface area contributed by atoms with Crippen LogP contribution in [0.2, 0.25) is 0 Å². The van der Waals surface area contributed by atoms with Crippen molar-refractivity contribution in [3.8, 4) is 11.5 Å². The minimum Gasteiger partial charge on any atom is -0.493 e. The fourth-order valence-electron chi connectivity index (χ4n) is 3.76. The smallest absolute Gasteiger partial charge is 0.358 e. The summed E-state index contributed by atoms with van der Waals surface area (Å²) >= 11 is 0. The second-order valence-electron chi connectivity index (χ2n) is 7.34. The van der Waals surface area contributed by atoms with Crippen molar-refractivity contribution in [3.63, 3.8) is 0 Å². The Morgan fingerprint density at radius 3 is 2.19 bits per heavy atom. The molecule has 0 saturated carbocycles. The van der Waals surface area contributed by atoms with Crippen molar-refractivity contribution in [3.05, 3.63) is 89.0 Å². The van der Waals surface area contributed by atoms with E-state index in [0.29, 0.717) is 23.6 Å². The summed E-state index contributed by atoms with van der Waals surface area (Å²) in [6.45, 7) is 1.89. The van der Waals surface area contributed by atoms with Gasteiger partial charge in [-0.15, -0.1) is 0 Å². The van der Waals surface area contributed by atoms with Crippen LogP contribution < -0.4 is 9.47 Å². The van der Waals surface area contributed by atoms with Gasteiger partial charge >= 0.3 is 10.1 Å². The zero-order valence-corrected chi connectivity index (χ0v) is 18.3. The maximum Gasteiger partial charge on any atom is 0.358 e. The van der Waals surface area contributed by atoms with Gasteiger partial charge in [0.2, 0.25) is 0 Å². The highest BCUT2D eigenvalue weighted by molar-refractivity contribution is 7.86. The molecule has 1 aliphatic carbocycles. The van der Waals surface area contributed by atoms with Gasteiger partial charge in [-0.05, 0) is 42.3 Å². The molecule has 1 atom stereocenters. The Morgan fingerprint density at radius 1 is 0.903 bits per heavy atom. The second kappa shape index (κ2) is 8.43. The lowest BCUT2D eigenvalue weighted by molar-refractivity contribution is 0.338. The van der Waals surface area contributed by atoms with E-state index >= 15 is 0 Å². The van der Waals surface area contributed by atoms with Crippen molar-refractivity contribution in [1.82, 2.24) is 0 Å². The zero-order valence-electron chi connectivity index (χ0n) is 17.5. The van der Waals surface area contributed by atoms with Gasteiger partial charge in [0.05, 0.1) is 19.9 Å². The molecule has 0 spiro atoms. The molecule has 1 unspecified atom stereocenters. The lowest BCUT2D eigenvalue weighted by Gasteiger charge is -2.14. The normalized spacial score (nSPS) is 16.7. The van der Waals surface area contributed by atoms with Gasteiger partial charge in [-0.1, -0.05) is 53.2 Å². The highest BCUT2D eigenvalue weighted by Crippen LogP contribution is 2.43. The summed E-state index contributed by atoms with van der Waals surface area (Å²) in [6.07, 6.45) is 0.499. The van der Waals surface area contributed by atoms with Crippen LogP contribution >= 0.6 is 0 Å². The van der Waals surface area contributed by atoms with E-state index in [1.807, 2.05) is 49.4 Å². The molecule has 6 nitrogen and oxygen atoms in total. The summed E-state index contributed by atoms with van der Waals surface area (Å²) in [5.41, 5.74) is 4.37. The maximum atomic E-state index is 12.6. The number of methoxy groups -OCH3 is 2. The molecule has 7 heteroatoms. The average molecular weight is 438 g/mol. The van der Waals surface area contributed by atoms with Crippen LogP contribution in [0.4, 0.5) is 0 Å². The van der Waals surface area contributed by atoms with Crippen molar-refractivity contribution >= 4 is 15.8 Å². The Kier molecular flexibility index (Phi) is 5.69. The number of hydrogen-bond acceptors (Lipinski definition) is 6. The molecule has 1 aliphatic rings. The van der Waals surface area contributed by atoms with Gasteiger partial charge in [-0.3, -0.25) is 4.28 Å². The van der Waals surface area contributed by atoms with E-state index in [4.69, 9.17) is 13.8 Å². The molecule has 0 heterocycles. The number of ether oxygens (including phenoxy) is 2. The lowest BCUT2D eigenvalue weighted by atomic mass is 9.93. The highest BCUT2D eigenvalue weighted by atomic mass is 32.2. The molecule has 0 aliphatic heterocycles. The first-order valence-electron chi connectivity index (χ1n) is 9.81. The number of oxime groups is 1. The number of nitrogens with zero attached hydrogens (tertiary/aromatic N) is 1. The molecule has 0 fully saturated rings. The molecular formula is C24H23NO5S. The van der Waals surface area contributed by atoms with Crippen LogP contribution in [0.15, 0.2) is 76.8 Å². The molecule has 0 saturated heterocycles. The predicted molar refractivity (Wildman–Crippen MR) is 118 cm³/mol. The first-order valence-corrected chi connectivity index (χ1v) is 11.2. The van der Waals surface area contributed by atoms with Crippen molar-refractivity contribution in [2.24, 2.45) is 5.16 Å². The van der Waals surface area contributed by atoms with Gasteiger partial charge < -0.3 is 9.47 Å². The monoisotopic (exact) mass is 437 g/mol. The maximum absolute atomic E-state index is 12.6. The largest absolute Gasteiger partial charge is 0.493 e. The Bertz CT molecular complexity index is 1220. The Labute approximate surface area is 182 Å². The van der Waals surface area contributed by atoms with Crippen molar-refractivity contribution in [2.45, 2.75) is 24.2 Å². The number of benzene rings is 3. The summed E-state index contributed by atoms with van der Waals surface area (Å²) in [7, 11) is -0.876. The van der Waals surface area contributed by atoms with Gasteiger partial charge in [-0.2, -0.15) is 8.42 Å². The molecule has 3 aromatic carbocycles. The third kappa shape index (κ3) is 4.14. The number of rotatable bonds is 6. The lowest BCUT2D eigenvalue weighted by Crippen LogP contribution is -2.06. The Balaban J connectivity index is 1.74. The first-order chi connectivity index (χ1) is 14.9. The molecule has 0 N–H and O–H groups in total. The van der Waals surface area contributed by atoms with Gasteiger partial charge in [0.1, 0.15) is 4.90 Å². The van der Waals surface area contributed by atoms with E-state index in [9.17, 15) is 8.42 Å². The molecule has 0 amide bonds. The molecular weight excluding hydrogens is 414 g/mol. The van der Waals surface area contributed by atoms with Crippen molar-refractivity contribution in [1.29, 1.82) is 0 Å². The van der Waals surface area contributed by atoms with Crippen LogP contribution in [0.25, 0.3) is 0 Å². The Morgan fingerprint density at radius 2 is 1.55 bits per heavy atom. The van der Waals surface area contributed by atoms with E-state index < -0.39 is 10.1 Å². The van der Waals surface area contributed by atoms with Crippen LogP contribution in [0.3, 0.4) is 0 Å². The van der Waals surface area contributed by atoms with E-state index in [1.165, 1.54) is 12.1 Å². The quantitative estimate of drug-likeness (QED) is 0.525. The van der Waals surface area contributed by atoms with E-state index in [2.05, 4.69) is 5.16 Å². The third-order valence-electron chi connectivity index (χ3n) is 5.40. The third-order valence-corrected chi connectivity index (χ3v) is 6.52. The molecule has 0 aromatic heterocycles. The molecule has 0 radical (unpaired) electrons. The van der Waals surface area contributed by atoms with Crippen LogP contribution in [-0.4, -0.2) is 28.3 Å². The summed E-state index contributed by atoms with van der Waals surface area (Å²) in [4.78, 5) is 0.0626. The molecule has 31 heavy (non-hydrogen) atoms. The van der Waals surface area contributed by atoms with Gasteiger partial charge in [0.25, 0.3) is 0 Å². The number of hydrogen-bond donors (Lipinski definition) is 0. The second-order valence-corrected chi connectivity index (χ2v) is 8.87. The fourth-order valence-corrected chi connectivity index (χ4v) is 4.50. The number of aryl methyl sites for hydroxylation is 1. The molecule has 160 valence electrons. The predicted octanol–water partition coefficient (Wildman–Crippen LogP) is 4.66. The SMILES string of the molecule is COc1cc2c(cc1OC)C(c1ccccc1)C/C2=N\OS(=O)(=O)c1ccc(C)cc1. The van der Waals surface area contributed by atoms with Crippen molar-refractivity contribution in [2.75, 3.05) is 14.2 Å².